The number of benzene rings is 1. The summed E-state index contributed by atoms with van der Waals surface area (Å²) in [4.78, 5) is 10.1. The van der Waals surface area contributed by atoms with Crippen LogP contribution in [0.5, 0.6) is 5.75 Å². The zero-order chi connectivity index (χ0) is 9.68. The standard InChI is InChI=1S/C10H13NO2/c1-8(11-7-12)6-9-2-4-10(13)5-3-9/h2-5,7-8,13H,6H2,1H3,(H,11,12)/t8-/m1/s1. The van der Waals surface area contributed by atoms with Crippen LogP contribution >= 0.6 is 0 Å². The Balaban J connectivity index is 2.53. The molecule has 0 aromatic heterocycles. The normalized spacial score (nSPS) is 12.1. The third-order valence-corrected chi connectivity index (χ3v) is 1.83. The molecule has 2 N–H and O–H groups in total. The number of amides is 1. The molecule has 0 aliphatic rings. The van der Waals surface area contributed by atoms with E-state index in [2.05, 4.69) is 5.32 Å². The van der Waals surface area contributed by atoms with Gasteiger partial charge in [-0.05, 0) is 31.0 Å². The number of carbonyl (C=O) groups excluding carboxylic acids is 1. The largest absolute Gasteiger partial charge is 0.508 e. The van der Waals surface area contributed by atoms with Crippen molar-refractivity contribution >= 4 is 6.41 Å². The van der Waals surface area contributed by atoms with Gasteiger partial charge in [-0.1, -0.05) is 12.1 Å². The van der Waals surface area contributed by atoms with Gasteiger partial charge in [-0.3, -0.25) is 4.79 Å². The lowest BCUT2D eigenvalue weighted by Crippen LogP contribution is -2.26. The van der Waals surface area contributed by atoms with Crippen molar-refractivity contribution in [3.05, 3.63) is 29.8 Å². The number of hydrogen-bond acceptors (Lipinski definition) is 2. The molecule has 0 spiro atoms. The molecule has 13 heavy (non-hydrogen) atoms. The van der Waals surface area contributed by atoms with Gasteiger partial charge in [-0.25, -0.2) is 0 Å². The number of rotatable bonds is 4. The summed E-state index contributed by atoms with van der Waals surface area (Å²) in [7, 11) is 0. The molecule has 1 atom stereocenters. The topological polar surface area (TPSA) is 49.3 Å². The van der Waals surface area contributed by atoms with Crippen LogP contribution in [0.2, 0.25) is 0 Å². The lowest BCUT2D eigenvalue weighted by atomic mass is 10.1. The van der Waals surface area contributed by atoms with Gasteiger partial charge in [0.15, 0.2) is 0 Å². The number of carbonyl (C=O) groups is 1. The quantitative estimate of drug-likeness (QED) is 0.679. The van der Waals surface area contributed by atoms with E-state index in [1.165, 1.54) is 0 Å². The molecule has 0 aliphatic heterocycles. The van der Waals surface area contributed by atoms with Crippen molar-refractivity contribution in [2.75, 3.05) is 0 Å². The Kier molecular flexibility index (Phi) is 3.31. The molecule has 3 nitrogen and oxygen atoms in total. The van der Waals surface area contributed by atoms with Crippen molar-refractivity contribution < 1.29 is 9.90 Å². The van der Waals surface area contributed by atoms with Crippen molar-refractivity contribution in [3.8, 4) is 5.75 Å². The van der Waals surface area contributed by atoms with E-state index in [-0.39, 0.29) is 11.8 Å². The lowest BCUT2D eigenvalue weighted by molar-refractivity contribution is -0.110. The average molecular weight is 179 g/mol. The van der Waals surface area contributed by atoms with E-state index in [0.717, 1.165) is 12.0 Å². The zero-order valence-electron chi connectivity index (χ0n) is 7.53. The SMILES string of the molecule is C[C@H](Cc1ccc(O)cc1)NC=O. The zero-order valence-corrected chi connectivity index (χ0v) is 7.53. The first-order valence-electron chi connectivity index (χ1n) is 4.20. The monoisotopic (exact) mass is 179 g/mol. The highest BCUT2D eigenvalue weighted by molar-refractivity contribution is 5.46. The van der Waals surface area contributed by atoms with Crippen LogP contribution < -0.4 is 5.32 Å². The summed E-state index contributed by atoms with van der Waals surface area (Å²) in [6.07, 6.45) is 1.48. The third-order valence-electron chi connectivity index (χ3n) is 1.83. The molecule has 1 amide bonds. The molecule has 0 saturated heterocycles. The van der Waals surface area contributed by atoms with Gasteiger partial charge >= 0.3 is 0 Å². The van der Waals surface area contributed by atoms with E-state index in [4.69, 9.17) is 5.11 Å². The van der Waals surface area contributed by atoms with Gasteiger partial charge in [-0.15, -0.1) is 0 Å². The number of nitrogens with one attached hydrogen (secondary N) is 1. The third kappa shape index (κ3) is 3.15. The Morgan fingerprint density at radius 3 is 2.62 bits per heavy atom. The van der Waals surface area contributed by atoms with Gasteiger partial charge in [0.25, 0.3) is 0 Å². The summed E-state index contributed by atoms with van der Waals surface area (Å²) < 4.78 is 0. The van der Waals surface area contributed by atoms with Crippen molar-refractivity contribution in [2.45, 2.75) is 19.4 Å². The lowest BCUT2D eigenvalue weighted by Gasteiger charge is -2.09. The van der Waals surface area contributed by atoms with Crippen LogP contribution in [0.25, 0.3) is 0 Å². The first-order chi connectivity index (χ1) is 6.22. The molecule has 0 bridgehead atoms. The predicted octanol–water partition coefficient (Wildman–Crippen LogP) is 1.07. The van der Waals surface area contributed by atoms with Crippen LogP contribution in [0, 0.1) is 0 Å². The fraction of sp³-hybridized carbons (Fsp3) is 0.300. The van der Waals surface area contributed by atoms with Crippen molar-refractivity contribution in [2.24, 2.45) is 0 Å². The summed E-state index contributed by atoms with van der Waals surface area (Å²) in [5, 5.41) is 11.7. The molecular formula is C10H13NO2. The molecule has 0 heterocycles. The fourth-order valence-corrected chi connectivity index (χ4v) is 1.16. The number of phenolic OH excluding ortho intramolecular Hbond substituents is 1. The second-order valence-electron chi connectivity index (χ2n) is 3.06. The number of aromatic hydroxyl groups is 1. The van der Waals surface area contributed by atoms with Crippen molar-refractivity contribution in [3.63, 3.8) is 0 Å². The first kappa shape index (κ1) is 9.58. The molecule has 0 unspecified atom stereocenters. The molecule has 0 radical (unpaired) electrons. The first-order valence-corrected chi connectivity index (χ1v) is 4.20. The molecule has 3 heteroatoms. The Labute approximate surface area is 77.4 Å². The van der Waals surface area contributed by atoms with Crippen LogP contribution in [-0.2, 0) is 11.2 Å². The molecule has 0 aliphatic carbocycles. The smallest absolute Gasteiger partial charge is 0.207 e. The summed E-state index contributed by atoms with van der Waals surface area (Å²) in [5.74, 6) is 0.264. The minimum Gasteiger partial charge on any atom is -0.508 e. The van der Waals surface area contributed by atoms with Gasteiger partial charge in [0.2, 0.25) is 6.41 Å². The van der Waals surface area contributed by atoms with E-state index >= 15 is 0 Å². The minimum absolute atomic E-state index is 0.127. The van der Waals surface area contributed by atoms with Crippen molar-refractivity contribution in [1.82, 2.24) is 5.32 Å². The summed E-state index contributed by atoms with van der Waals surface area (Å²) in [6.45, 7) is 1.93. The maximum absolute atomic E-state index is 10.1. The highest BCUT2D eigenvalue weighted by Gasteiger charge is 2.00. The van der Waals surface area contributed by atoms with Crippen LogP contribution in [-0.4, -0.2) is 17.6 Å². The highest BCUT2D eigenvalue weighted by atomic mass is 16.3. The predicted molar refractivity (Wildman–Crippen MR) is 50.5 cm³/mol. The number of hydrogen-bond donors (Lipinski definition) is 2. The van der Waals surface area contributed by atoms with Crippen LogP contribution in [0.1, 0.15) is 12.5 Å². The minimum atomic E-state index is 0.127. The van der Waals surface area contributed by atoms with Gasteiger partial charge in [0, 0.05) is 6.04 Å². The van der Waals surface area contributed by atoms with E-state index in [9.17, 15) is 4.79 Å². The molecular weight excluding hydrogens is 166 g/mol. The summed E-state index contributed by atoms with van der Waals surface area (Å²) in [5.41, 5.74) is 1.10. The second-order valence-corrected chi connectivity index (χ2v) is 3.06. The van der Waals surface area contributed by atoms with Crippen LogP contribution in [0.3, 0.4) is 0 Å². The van der Waals surface area contributed by atoms with Gasteiger partial charge in [0.1, 0.15) is 5.75 Å². The molecule has 70 valence electrons. The van der Waals surface area contributed by atoms with Gasteiger partial charge < -0.3 is 10.4 Å². The van der Waals surface area contributed by atoms with Crippen LogP contribution in [0.15, 0.2) is 24.3 Å². The summed E-state index contributed by atoms with van der Waals surface area (Å²) in [6, 6.07) is 7.10. The molecule has 0 fully saturated rings. The molecule has 1 aromatic carbocycles. The van der Waals surface area contributed by atoms with Gasteiger partial charge in [-0.2, -0.15) is 0 Å². The van der Waals surface area contributed by atoms with E-state index in [1.807, 2.05) is 19.1 Å². The van der Waals surface area contributed by atoms with E-state index in [0.29, 0.717) is 6.41 Å². The fourth-order valence-electron chi connectivity index (χ4n) is 1.16. The maximum Gasteiger partial charge on any atom is 0.207 e. The average Bonchev–Trinajstić information content (AvgIpc) is 2.09. The Hall–Kier alpha value is -1.51. The molecule has 1 rings (SSSR count). The van der Waals surface area contributed by atoms with Crippen molar-refractivity contribution in [1.29, 1.82) is 0 Å². The van der Waals surface area contributed by atoms with Gasteiger partial charge in [0.05, 0.1) is 0 Å². The maximum atomic E-state index is 10.1. The van der Waals surface area contributed by atoms with Crippen LogP contribution in [0.4, 0.5) is 0 Å². The van der Waals surface area contributed by atoms with E-state index in [1.54, 1.807) is 12.1 Å². The highest BCUT2D eigenvalue weighted by Crippen LogP contribution is 2.10. The Bertz CT molecular complexity index is 269. The molecule has 1 aromatic rings. The Morgan fingerprint density at radius 1 is 1.46 bits per heavy atom. The Morgan fingerprint density at radius 2 is 2.08 bits per heavy atom. The summed E-state index contributed by atoms with van der Waals surface area (Å²) >= 11 is 0. The molecule has 0 saturated carbocycles. The number of phenols is 1. The second kappa shape index (κ2) is 4.50. The van der Waals surface area contributed by atoms with E-state index < -0.39 is 0 Å².